The summed E-state index contributed by atoms with van der Waals surface area (Å²) in [5, 5.41) is 7.09. The first kappa shape index (κ1) is 51.6. The van der Waals surface area contributed by atoms with Crippen LogP contribution in [0.1, 0.15) is 145 Å². The van der Waals surface area contributed by atoms with Gasteiger partial charge in [-0.1, -0.05) is 36.4 Å². The Labute approximate surface area is 406 Å². The molecule has 4 aromatic heterocycles. The number of hydrogen-bond donors (Lipinski definition) is 2. The zero-order valence-corrected chi connectivity index (χ0v) is 42.5. The summed E-state index contributed by atoms with van der Waals surface area (Å²) in [5.41, 5.74) is -3.53. The maximum absolute atomic E-state index is 15.5. The number of carbonyl (C=O) groups excluding carboxylic acids is 6. The molecule has 0 unspecified atom stereocenters. The molecule has 70 heavy (non-hydrogen) atoms. The summed E-state index contributed by atoms with van der Waals surface area (Å²) < 4.78 is 33.2. The molecule has 2 N–H and O–H groups in total. The quantitative estimate of drug-likeness (QED) is 0.0910. The molecule has 370 valence electrons. The Balaban J connectivity index is 1.63. The van der Waals surface area contributed by atoms with Crippen molar-refractivity contribution in [3.63, 3.8) is 0 Å². The number of fused-ring (bicyclic) bond motifs is 2. The number of amides is 2. The van der Waals surface area contributed by atoms with Gasteiger partial charge in [0.15, 0.2) is 0 Å². The summed E-state index contributed by atoms with van der Waals surface area (Å²) in [6.07, 6.45) is 0. The molecule has 0 aliphatic rings. The summed E-state index contributed by atoms with van der Waals surface area (Å²) in [7, 11) is 4.61. The molecule has 0 saturated carbocycles. The predicted molar refractivity (Wildman–Crippen MR) is 265 cm³/mol. The summed E-state index contributed by atoms with van der Waals surface area (Å²) in [6.45, 7) is 21.4. The number of anilines is 4. The van der Waals surface area contributed by atoms with Gasteiger partial charge in [-0.25, -0.2) is 29.1 Å². The van der Waals surface area contributed by atoms with Crippen molar-refractivity contribution in [3.05, 3.63) is 94.0 Å². The molecule has 0 fully saturated rings. The van der Waals surface area contributed by atoms with E-state index in [1.54, 1.807) is 90.1 Å². The molecule has 4 heterocycles. The third kappa shape index (κ3) is 10.2. The van der Waals surface area contributed by atoms with Crippen molar-refractivity contribution in [2.24, 2.45) is 0 Å². The molecule has 18 nitrogen and oxygen atoms in total. The number of para-hydroxylation sites is 2. The van der Waals surface area contributed by atoms with Crippen molar-refractivity contribution in [2.45, 2.75) is 105 Å². The van der Waals surface area contributed by atoms with Crippen LogP contribution < -0.4 is 20.4 Å². The van der Waals surface area contributed by atoms with E-state index in [4.69, 9.17) is 37.7 Å². The van der Waals surface area contributed by atoms with Crippen LogP contribution in [0, 0.1) is 0 Å². The van der Waals surface area contributed by atoms with Gasteiger partial charge in [-0.3, -0.25) is 19.4 Å². The van der Waals surface area contributed by atoms with E-state index in [1.165, 1.54) is 21.9 Å². The van der Waals surface area contributed by atoms with Crippen LogP contribution in [0.5, 0.6) is 0 Å². The van der Waals surface area contributed by atoms with E-state index < -0.39 is 57.8 Å². The van der Waals surface area contributed by atoms with Crippen molar-refractivity contribution in [1.29, 1.82) is 0 Å². The highest BCUT2D eigenvalue weighted by atomic mass is 16.5. The van der Waals surface area contributed by atoms with Crippen LogP contribution in [0.25, 0.3) is 33.2 Å². The van der Waals surface area contributed by atoms with E-state index in [1.807, 2.05) is 41.5 Å². The number of rotatable bonds is 11. The van der Waals surface area contributed by atoms with Crippen molar-refractivity contribution in [1.82, 2.24) is 9.97 Å². The highest BCUT2D eigenvalue weighted by Gasteiger charge is 2.44. The number of ether oxygens (including phenoxy) is 4. The number of nitrogens with zero attached hydrogens (tertiary/aromatic N) is 4. The van der Waals surface area contributed by atoms with Crippen LogP contribution in [0.2, 0.25) is 0 Å². The average molecular weight is 961 g/mol. The first-order chi connectivity index (χ1) is 32.6. The van der Waals surface area contributed by atoms with Crippen molar-refractivity contribution < 1.29 is 56.5 Å². The molecule has 0 spiro atoms. The fraction of sp³-hybridized carbons (Fsp3) is 0.385. The molecule has 2 aromatic carbocycles. The van der Waals surface area contributed by atoms with Gasteiger partial charge in [-0.2, -0.15) is 0 Å². The first-order valence-electron chi connectivity index (χ1n) is 22.3. The van der Waals surface area contributed by atoms with Gasteiger partial charge in [0.1, 0.15) is 22.3 Å². The maximum atomic E-state index is 15.5. The smallest absolute Gasteiger partial charge is 0.344 e. The Kier molecular flexibility index (Phi) is 14.0. The zero-order chi connectivity index (χ0) is 52.0. The second-order valence-electron chi connectivity index (χ2n) is 20.5. The molecule has 0 aliphatic carbocycles. The number of methoxy groups -OCH3 is 4. The van der Waals surface area contributed by atoms with E-state index in [0.29, 0.717) is 21.8 Å². The fourth-order valence-electron chi connectivity index (χ4n) is 7.80. The molecule has 0 saturated heterocycles. The summed E-state index contributed by atoms with van der Waals surface area (Å²) in [5.74, 6) is -5.83. The minimum absolute atomic E-state index is 0.0966. The Morgan fingerprint density at radius 1 is 0.471 bits per heavy atom. The number of nitrogens with one attached hydrogen (secondary N) is 2. The number of pyridine rings is 2. The number of carbonyl (C=O) groups is 6. The number of aromatic nitrogens is 2. The van der Waals surface area contributed by atoms with Crippen LogP contribution >= 0.6 is 0 Å². The number of esters is 4. The lowest BCUT2D eigenvalue weighted by Gasteiger charge is -2.34. The minimum Gasteiger partial charge on any atom is -0.465 e. The van der Waals surface area contributed by atoms with E-state index in [0.717, 1.165) is 28.4 Å². The normalized spacial score (nSPS) is 12.1. The van der Waals surface area contributed by atoms with E-state index in [2.05, 4.69) is 10.6 Å². The fourth-order valence-corrected chi connectivity index (χ4v) is 7.80. The van der Waals surface area contributed by atoms with E-state index in [9.17, 15) is 19.2 Å². The second kappa shape index (κ2) is 19.0. The highest BCUT2D eigenvalue weighted by molar-refractivity contribution is 6.20. The Bertz CT molecular complexity index is 2860. The third-order valence-electron chi connectivity index (χ3n) is 10.6. The summed E-state index contributed by atoms with van der Waals surface area (Å²) in [4.78, 5) is 97.8. The minimum atomic E-state index is -1.13. The number of benzene rings is 2. The van der Waals surface area contributed by atoms with Gasteiger partial charge in [0.2, 0.25) is 23.5 Å². The van der Waals surface area contributed by atoms with Gasteiger partial charge in [-0.05, 0) is 107 Å². The van der Waals surface area contributed by atoms with E-state index in [-0.39, 0.29) is 68.3 Å². The molecule has 0 bridgehead atoms. The number of hydrogen-bond acceptors (Lipinski definition) is 16. The average Bonchev–Trinajstić information content (AvgIpc) is 3.81. The van der Waals surface area contributed by atoms with E-state index >= 15 is 9.59 Å². The largest absolute Gasteiger partial charge is 0.465 e. The van der Waals surface area contributed by atoms with Gasteiger partial charge in [-0.15, -0.1) is 0 Å². The summed E-state index contributed by atoms with van der Waals surface area (Å²) >= 11 is 0. The predicted octanol–water partition coefficient (Wildman–Crippen LogP) is 10.1. The van der Waals surface area contributed by atoms with Crippen LogP contribution in [0.15, 0.2) is 69.5 Å². The summed E-state index contributed by atoms with van der Waals surface area (Å²) in [6, 6.07) is 16.9. The lowest BCUT2D eigenvalue weighted by molar-refractivity contribution is 0.0557. The van der Waals surface area contributed by atoms with Crippen molar-refractivity contribution >= 4 is 81.0 Å². The van der Waals surface area contributed by atoms with Gasteiger partial charge in [0.25, 0.3) is 11.8 Å². The Morgan fingerprint density at radius 2 is 0.771 bits per heavy atom. The molecule has 0 aliphatic heterocycles. The van der Waals surface area contributed by atoms with Gasteiger partial charge < -0.3 is 38.4 Å². The monoisotopic (exact) mass is 960 g/mol. The molecule has 0 radical (unpaired) electrons. The molecule has 18 heteroatoms. The molecule has 6 rings (SSSR count). The lowest BCUT2D eigenvalue weighted by Crippen LogP contribution is -2.46. The van der Waals surface area contributed by atoms with Crippen LogP contribution in [-0.2, 0) is 18.9 Å². The van der Waals surface area contributed by atoms with Gasteiger partial charge >= 0.3 is 23.9 Å². The van der Waals surface area contributed by atoms with Gasteiger partial charge in [0.05, 0.1) is 62.0 Å². The highest BCUT2D eigenvalue weighted by Crippen LogP contribution is 2.43. The SMILES string of the molecule is COC(=O)c1c(NC(C)(C)C)oc(N(C(=O)c2cc(-c3cc(C(=O)N(c4oc(NC(C)(C)C)c(C(=O)OC)c4C(=O)OC)C(C)(C)C)c4ccccc4n3)nc3ccccc23)C(C)(C)C)c1C(=O)OC. The Morgan fingerprint density at radius 3 is 1.06 bits per heavy atom. The zero-order valence-electron chi connectivity index (χ0n) is 42.5. The lowest BCUT2D eigenvalue weighted by atomic mass is 9.98. The standard InChI is InChI=1S/C52H60N6O12/c1-49(2,3)55-39-35(45(61)65-13)37(47(63)67-15)43(69-39)57(51(7,8)9)41(59)29-25-33(53-31-23-19-17-21-27(29)31)34-26-30(28-22-18-20-24-32(28)54-34)42(60)58(52(10,11)12)44-38(48(64)68-16)36(46(62)66-14)40(70-44)56-50(4,5)6/h17-26,55-56H,1-16H3. The van der Waals surface area contributed by atoms with Crippen LogP contribution in [0.3, 0.4) is 0 Å². The molecular formula is C52H60N6O12. The van der Waals surface area contributed by atoms with Crippen molar-refractivity contribution in [2.75, 3.05) is 48.9 Å². The molecular weight excluding hydrogens is 901 g/mol. The van der Waals surface area contributed by atoms with Crippen LogP contribution in [-0.4, -0.2) is 96.3 Å². The second-order valence-corrected chi connectivity index (χ2v) is 20.5. The molecule has 6 aromatic rings. The third-order valence-corrected chi connectivity index (χ3v) is 10.6. The topological polar surface area (TPSA) is 222 Å². The van der Waals surface area contributed by atoms with Gasteiger partial charge in [0, 0.05) is 32.9 Å². The molecule has 0 atom stereocenters. The molecule has 2 amide bonds. The number of furan rings is 2. The maximum Gasteiger partial charge on any atom is 0.344 e. The first-order valence-corrected chi connectivity index (χ1v) is 22.3. The van der Waals surface area contributed by atoms with Crippen molar-refractivity contribution in [3.8, 4) is 11.4 Å². The Hall–Kier alpha value is -7.76. The van der Waals surface area contributed by atoms with Crippen LogP contribution in [0.4, 0.5) is 23.5 Å².